The minimum atomic E-state index is -0.571. The predicted molar refractivity (Wildman–Crippen MR) is 261 cm³/mol. The van der Waals surface area contributed by atoms with Gasteiger partial charge in [-0.25, -0.2) is 4.98 Å². The Bertz CT molecular complexity index is 4040. The van der Waals surface area contributed by atoms with E-state index in [9.17, 15) is 0 Å². The zero-order valence-corrected chi connectivity index (χ0v) is 37.4. The fourth-order valence-corrected chi connectivity index (χ4v) is 8.75. The molecule has 0 N–H and O–H groups in total. The van der Waals surface area contributed by atoms with Gasteiger partial charge in [0.25, 0.3) is 0 Å². The van der Waals surface area contributed by atoms with E-state index in [0.29, 0.717) is 39.7 Å². The van der Waals surface area contributed by atoms with Crippen molar-refractivity contribution in [2.24, 2.45) is 0 Å². The van der Waals surface area contributed by atoms with Crippen LogP contribution >= 0.6 is 0 Å². The summed E-state index contributed by atoms with van der Waals surface area (Å²) >= 11 is 0. The number of nitrogens with zero attached hydrogens (tertiary/aromatic N) is 4. The Morgan fingerprint density at radius 2 is 1.31 bits per heavy atom. The third-order valence-electron chi connectivity index (χ3n) is 11.7. The van der Waals surface area contributed by atoms with Gasteiger partial charge in [-0.1, -0.05) is 164 Å². The van der Waals surface area contributed by atoms with Crippen molar-refractivity contribution in [1.82, 2.24) is 9.55 Å². The van der Waals surface area contributed by atoms with Gasteiger partial charge in [0, 0.05) is 72.1 Å². The van der Waals surface area contributed by atoms with Crippen LogP contribution in [0.25, 0.3) is 71.8 Å². The van der Waals surface area contributed by atoms with Gasteiger partial charge in [-0.2, -0.15) is 6.07 Å². The molecule has 1 aliphatic rings. The van der Waals surface area contributed by atoms with Crippen LogP contribution in [0.3, 0.4) is 0 Å². The Hall–Kier alpha value is -7.40. The van der Waals surface area contributed by atoms with Gasteiger partial charge in [0.2, 0.25) is 0 Å². The minimum absolute atomic E-state index is 0. The summed E-state index contributed by atoms with van der Waals surface area (Å²) in [5.41, 5.74) is 5.82. The summed E-state index contributed by atoms with van der Waals surface area (Å²) in [5, 5.41) is 3.68. The standard InChI is InChI=1S/C58H41N4O2.Pt/c1-58(2,3)40-32-33-59-53(34-40)62-47-28-12-10-24-45(47)54-50(62)36-52(57-55(54)46-25-11-15-31-51(46)64-57)63-42-23-16-22-41(35-42)60-37-61(49-30-14-13-29-48(49)60)56-43(38-18-6-4-7-19-38)26-17-27-44(56)39-20-8-5-9-21-39;/h4-34,37H,1-3H3;/q-3;/i4D,5D,6D,7D,8D,9D,18D,19D,20D,21D;. The first kappa shape index (κ1) is 30.6. The van der Waals surface area contributed by atoms with Crippen LogP contribution in [0.15, 0.2) is 192 Å². The van der Waals surface area contributed by atoms with E-state index in [1.165, 1.54) is 0 Å². The van der Waals surface area contributed by atoms with Gasteiger partial charge >= 0.3 is 0 Å². The molecule has 0 aliphatic carbocycles. The Morgan fingerprint density at radius 1 is 0.662 bits per heavy atom. The summed E-state index contributed by atoms with van der Waals surface area (Å²) in [4.78, 5) is 8.49. The van der Waals surface area contributed by atoms with Crippen LogP contribution in [0.2, 0.25) is 0 Å². The second-order valence-electron chi connectivity index (χ2n) is 16.5. The van der Waals surface area contributed by atoms with Gasteiger partial charge in [0.1, 0.15) is 11.4 Å². The van der Waals surface area contributed by atoms with Crippen molar-refractivity contribution < 1.29 is 43.9 Å². The molecular weight excluding hydrogens is 980 g/mol. The Balaban J connectivity index is 0.00000602. The third-order valence-corrected chi connectivity index (χ3v) is 11.7. The monoisotopic (exact) mass is 1030 g/mol. The fraction of sp³-hybridized carbons (Fsp3) is 0.0690. The van der Waals surface area contributed by atoms with Gasteiger partial charge in [-0.15, -0.1) is 36.6 Å². The number of hydrogen-bond acceptors (Lipinski definition) is 5. The smallest absolute Gasteiger partial charge is 0.135 e. The zero-order chi connectivity index (χ0) is 51.6. The molecule has 65 heavy (non-hydrogen) atoms. The first-order valence-corrected chi connectivity index (χ1v) is 20.8. The second kappa shape index (κ2) is 16.0. The van der Waals surface area contributed by atoms with Crippen molar-refractivity contribution in [2.75, 3.05) is 9.80 Å². The first-order valence-electron chi connectivity index (χ1n) is 25.8. The molecule has 7 heteroatoms. The average Bonchev–Trinajstić information content (AvgIpc) is 4.09. The van der Waals surface area contributed by atoms with Gasteiger partial charge in [-0.05, 0) is 63.9 Å². The van der Waals surface area contributed by atoms with E-state index in [-0.39, 0.29) is 54.4 Å². The van der Waals surface area contributed by atoms with E-state index in [2.05, 4.69) is 55.7 Å². The molecule has 0 fully saturated rings. The van der Waals surface area contributed by atoms with Crippen LogP contribution in [0.5, 0.6) is 11.5 Å². The number of furan rings is 1. The first-order chi connectivity index (χ1) is 35.5. The molecule has 0 bridgehead atoms. The summed E-state index contributed by atoms with van der Waals surface area (Å²) in [6.45, 7) is 8.25. The molecule has 0 unspecified atom stereocenters. The number of aromatic nitrogens is 2. The minimum Gasteiger partial charge on any atom is -0.512 e. The maximum atomic E-state index is 9.07. The quantitative estimate of drug-likeness (QED) is 0.149. The molecule has 3 aromatic heterocycles. The van der Waals surface area contributed by atoms with E-state index in [1.807, 2.05) is 90.0 Å². The van der Waals surface area contributed by atoms with Crippen molar-refractivity contribution in [1.29, 1.82) is 0 Å². The van der Waals surface area contributed by atoms with Gasteiger partial charge in [0.05, 0.1) is 25.0 Å². The number of anilines is 4. The van der Waals surface area contributed by atoms with E-state index in [4.69, 9.17) is 27.8 Å². The number of para-hydroxylation sites is 5. The maximum Gasteiger partial charge on any atom is 0.135 e. The molecule has 0 amide bonds. The van der Waals surface area contributed by atoms with Crippen LogP contribution in [-0.4, -0.2) is 9.55 Å². The number of hydrogen-bond donors (Lipinski definition) is 0. The SMILES string of the molecule is [2H]c1c([2H])c([2H])c(-c2cccc(-c3c([2H])c([2H])c([2H])c([2H])c3[2H])c2N2[CH-]N(c3[c-]c(Oc4[c-]c5c(c6ccccc6n5-c5cc(C(C)(C)C)ccn5)c5c4oc4ccccc45)ccc3)c3ccccc32)c([2H])c1[2H].[Pt]. The van der Waals surface area contributed by atoms with E-state index in [1.54, 1.807) is 35.8 Å². The number of ether oxygens (including phenoxy) is 1. The van der Waals surface area contributed by atoms with Crippen LogP contribution in [0.1, 0.15) is 40.0 Å². The van der Waals surface area contributed by atoms with Crippen molar-refractivity contribution in [3.63, 3.8) is 0 Å². The topological polar surface area (TPSA) is 46.7 Å². The van der Waals surface area contributed by atoms with Crippen molar-refractivity contribution >= 4 is 66.5 Å². The average molecular weight is 1030 g/mol. The summed E-state index contributed by atoms with van der Waals surface area (Å²) in [6, 6.07) is 39.7. The normalized spacial score (nSPS) is 14.8. The fourth-order valence-electron chi connectivity index (χ4n) is 8.75. The van der Waals surface area contributed by atoms with Crippen molar-refractivity contribution in [3.8, 4) is 39.6 Å². The van der Waals surface area contributed by atoms with Crippen LogP contribution in [-0.2, 0) is 26.5 Å². The zero-order valence-electron chi connectivity index (χ0n) is 45.1. The molecule has 1 aliphatic heterocycles. The molecule has 8 aromatic carbocycles. The predicted octanol–water partition coefficient (Wildman–Crippen LogP) is 15.5. The molecule has 0 saturated heterocycles. The van der Waals surface area contributed by atoms with E-state index in [0.717, 1.165) is 44.0 Å². The second-order valence-corrected chi connectivity index (χ2v) is 16.5. The van der Waals surface area contributed by atoms with Gasteiger partial charge in [0.15, 0.2) is 0 Å². The number of benzene rings is 8. The molecular formula is C58H41N4O2Pt-3. The van der Waals surface area contributed by atoms with Crippen molar-refractivity contribution in [2.45, 2.75) is 26.2 Å². The molecule has 4 heterocycles. The van der Waals surface area contributed by atoms with Crippen LogP contribution in [0, 0.1) is 18.8 Å². The van der Waals surface area contributed by atoms with Gasteiger partial charge < -0.3 is 23.5 Å². The molecule has 11 aromatic rings. The molecule has 6 nitrogen and oxygen atoms in total. The number of rotatable bonds is 7. The molecule has 0 radical (unpaired) electrons. The number of fused-ring (bicyclic) bond motifs is 8. The summed E-state index contributed by atoms with van der Waals surface area (Å²) in [6.07, 6.45) is 1.83. The van der Waals surface area contributed by atoms with E-state index >= 15 is 0 Å². The van der Waals surface area contributed by atoms with Crippen molar-refractivity contribution in [3.05, 3.63) is 212 Å². The maximum absolute atomic E-state index is 9.07. The molecule has 0 spiro atoms. The molecule has 0 atom stereocenters. The Labute approximate surface area is 406 Å². The summed E-state index contributed by atoms with van der Waals surface area (Å²) in [5.74, 6) is 1.36. The molecule has 318 valence electrons. The summed E-state index contributed by atoms with van der Waals surface area (Å²) in [7, 11) is 0. The molecule has 0 saturated carbocycles. The van der Waals surface area contributed by atoms with Crippen LogP contribution < -0.4 is 14.5 Å². The van der Waals surface area contributed by atoms with E-state index < -0.39 is 60.4 Å². The Morgan fingerprint density at radius 3 is 2.03 bits per heavy atom. The summed E-state index contributed by atoms with van der Waals surface area (Å²) < 4.78 is 103. The molecule has 12 rings (SSSR count). The number of pyridine rings is 1. The van der Waals surface area contributed by atoms with Crippen LogP contribution in [0.4, 0.5) is 22.7 Å². The van der Waals surface area contributed by atoms with Gasteiger partial charge in [-0.3, -0.25) is 0 Å². The third kappa shape index (κ3) is 6.79. The Kier molecular flexibility index (Phi) is 7.54. The largest absolute Gasteiger partial charge is 0.512 e.